The van der Waals surface area contributed by atoms with Crippen molar-refractivity contribution in [2.45, 2.75) is 65.2 Å². The SMILES string of the molecule is [CH2]c1cccc(OCC)c1-c1cc2c(cc1C)C(C)(C)CCC2(C)C. The summed E-state index contributed by atoms with van der Waals surface area (Å²) < 4.78 is 5.92. The van der Waals surface area contributed by atoms with Crippen LogP contribution < -0.4 is 4.74 Å². The lowest BCUT2D eigenvalue weighted by Crippen LogP contribution is -2.34. The Labute approximate surface area is 153 Å². The zero-order chi connectivity index (χ0) is 18.4. The molecule has 0 unspecified atom stereocenters. The van der Waals surface area contributed by atoms with E-state index in [2.05, 4.69) is 65.8 Å². The first-order valence-electron chi connectivity index (χ1n) is 9.41. The Morgan fingerprint density at radius 1 is 1.00 bits per heavy atom. The number of fused-ring (bicyclic) bond motifs is 1. The van der Waals surface area contributed by atoms with Crippen LogP contribution in [0.3, 0.4) is 0 Å². The van der Waals surface area contributed by atoms with Crippen LogP contribution in [-0.4, -0.2) is 6.61 Å². The second kappa shape index (κ2) is 6.20. The van der Waals surface area contributed by atoms with Gasteiger partial charge in [0, 0.05) is 5.56 Å². The van der Waals surface area contributed by atoms with Crippen LogP contribution >= 0.6 is 0 Å². The quantitative estimate of drug-likeness (QED) is 0.614. The Morgan fingerprint density at radius 3 is 2.20 bits per heavy atom. The van der Waals surface area contributed by atoms with Crippen molar-refractivity contribution in [1.29, 1.82) is 0 Å². The van der Waals surface area contributed by atoms with Gasteiger partial charge in [-0.15, -0.1) is 0 Å². The van der Waals surface area contributed by atoms with Gasteiger partial charge in [0.25, 0.3) is 0 Å². The van der Waals surface area contributed by atoms with E-state index in [0.717, 1.165) is 16.9 Å². The van der Waals surface area contributed by atoms with Crippen LogP contribution in [0.15, 0.2) is 30.3 Å². The fourth-order valence-electron chi connectivity index (χ4n) is 4.15. The van der Waals surface area contributed by atoms with E-state index in [1.165, 1.54) is 35.1 Å². The third-order valence-corrected chi connectivity index (χ3v) is 5.88. The lowest BCUT2D eigenvalue weighted by atomic mass is 9.62. The average Bonchev–Trinajstić information content (AvgIpc) is 2.53. The molecule has 133 valence electrons. The van der Waals surface area contributed by atoms with Crippen LogP contribution in [0, 0.1) is 13.8 Å². The maximum Gasteiger partial charge on any atom is 0.127 e. The van der Waals surface area contributed by atoms with Gasteiger partial charge in [-0.3, -0.25) is 0 Å². The van der Waals surface area contributed by atoms with Crippen LogP contribution in [0.1, 0.15) is 69.7 Å². The van der Waals surface area contributed by atoms with Crippen molar-refractivity contribution in [2.24, 2.45) is 0 Å². The molecule has 1 radical (unpaired) electrons. The van der Waals surface area contributed by atoms with E-state index in [4.69, 9.17) is 4.74 Å². The van der Waals surface area contributed by atoms with E-state index in [1.807, 2.05) is 13.0 Å². The molecule has 0 atom stereocenters. The molecule has 0 aromatic heterocycles. The molecular formula is C24H31O. The maximum absolute atomic E-state index is 5.92. The molecule has 0 amide bonds. The van der Waals surface area contributed by atoms with Gasteiger partial charge in [-0.25, -0.2) is 0 Å². The smallest absolute Gasteiger partial charge is 0.127 e. The number of hydrogen-bond donors (Lipinski definition) is 0. The third kappa shape index (κ3) is 3.10. The zero-order valence-electron chi connectivity index (χ0n) is 16.6. The molecule has 1 nitrogen and oxygen atoms in total. The first-order valence-corrected chi connectivity index (χ1v) is 9.41. The first-order chi connectivity index (χ1) is 11.7. The number of benzene rings is 2. The van der Waals surface area contributed by atoms with Gasteiger partial charge >= 0.3 is 0 Å². The van der Waals surface area contributed by atoms with E-state index in [1.54, 1.807) is 0 Å². The number of ether oxygens (including phenoxy) is 1. The standard InChI is InChI=1S/C24H31O/c1-8-25-21-11-9-10-16(2)22(21)18-15-20-19(14-17(18)3)23(4,5)12-13-24(20,6)7/h9-11,14-15H,2,8,12-13H2,1,3-7H3. The Kier molecular flexibility index (Phi) is 4.47. The van der Waals surface area contributed by atoms with Crippen LogP contribution in [0.5, 0.6) is 5.75 Å². The van der Waals surface area contributed by atoms with Gasteiger partial charge in [-0.1, -0.05) is 45.9 Å². The van der Waals surface area contributed by atoms with Crippen molar-refractivity contribution in [3.8, 4) is 16.9 Å². The lowest BCUT2D eigenvalue weighted by Gasteiger charge is -2.42. The molecule has 0 spiro atoms. The Balaban J connectivity index is 2.28. The molecule has 1 heteroatoms. The van der Waals surface area contributed by atoms with Crippen LogP contribution in [-0.2, 0) is 10.8 Å². The molecule has 0 saturated heterocycles. The molecule has 0 N–H and O–H groups in total. The third-order valence-electron chi connectivity index (χ3n) is 5.88. The number of aryl methyl sites for hydroxylation is 1. The minimum atomic E-state index is 0.204. The van der Waals surface area contributed by atoms with Gasteiger partial charge in [-0.05, 0) is 84.4 Å². The highest BCUT2D eigenvalue weighted by Crippen LogP contribution is 2.48. The fourth-order valence-corrected chi connectivity index (χ4v) is 4.15. The molecule has 1 aliphatic carbocycles. The van der Waals surface area contributed by atoms with E-state index in [9.17, 15) is 0 Å². The molecule has 0 fully saturated rings. The van der Waals surface area contributed by atoms with Gasteiger partial charge < -0.3 is 4.74 Å². The normalized spacial score (nSPS) is 17.9. The topological polar surface area (TPSA) is 9.23 Å². The molecule has 0 heterocycles. The summed E-state index contributed by atoms with van der Waals surface area (Å²) in [6.07, 6.45) is 2.46. The lowest BCUT2D eigenvalue weighted by molar-refractivity contribution is 0.331. The van der Waals surface area contributed by atoms with Crippen molar-refractivity contribution in [3.63, 3.8) is 0 Å². The second-order valence-electron chi connectivity index (χ2n) is 8.70. The Hall–Kier alpha value is -1.76. The van der Waals surface area contributed by atoms with E-state index < -0.39 is 0 Å². The summed E-state index contributed by atoms with van der Waals surface area (Å²) in [5, 5.41) is 0. The Morgan fingerprint density at radius 2 is 1.60 bits per heavy atom. The van der Waals surface area contributed by atoms with E-state index in [0.29, 0.717) is 6.61 Å². The van der Waals surface area contributed by atoms with Crippen molar-refractivity contribution in [2.75, 3.05) is 6.61 Å². The highest BCUT2D eigenvalue weighted by molar-refractivity contribution is 5.78. The Bertz CT molecular complexity index is 796. The fraction of sp³-hybridized carbons (Fsp3) is 0.458. The predicted octanol–water partition coefficient (Wildman–Crippen LogP) is 6.59. The van der Waals surface area contributed by atoms with Crippen molar-refractivity contribution in [3.05, 3.63) is 59.5 Å². The molecule has 0 aliphatic heterocycles. The first kappa shape index (κ1) is 18.0. The minimum absolute atomic E-state index is 0.204. The average molecular weight is 336 g/mol. The summed E-state index contributed by atoms with van der Waals surface area (Å²) in [5.41, 5.74) is 8.17. The van der Waals surface area contributed by atoms with E-state index >= 15 is 0 Å². The molecule has 0 saturated carbocycles. The van der Waals surface area contributed by atoms with Crippen LogP contribution in [0.4, 0.5) is 0 Å². The summed E-state index contributed by atoms with van der Waals surface area (Å²) in [6.45, 7) is 18.7. The highest BCUT2D eigenvalue weighted by atomic mass is 16.5. The summed E-state index contributed by atoms with van der Waals surface area (Å²) in [5.74, 6) is 0.936. The maximum atomic E-state index is 5.92. The zero-order valence-corrected chi connectivity index (χ0v) is 16.6. The van der Waals surface area contributed by atoms with Crippen LogP contribution in [0.25, 0.3) is 11.1 Å². The van der Waals surface area contributed by atoms with Gasteiger partial charge in [-0.2, -0.15) is 0 Å². The van der Waals surface area contributed by atoms with Gasteiger partial charge in [0.1, 0.15) is 5.75 Å². The molecular weight excluding hydrogens is 304 g/mol. The van der Waals surface area contributed by atoms with Crippen LogP contribution in [0.2, 0.25) is 0 Å². The summed E-state index contributed by atoms with van der Waals surface area (Å²) in [4.78, 5) is 0. The molecule has 25 heavy (non-hydrogen) atoms. The van der Waals surface area contributed by atoms with E-state index in [-0.39, 0.29) is 10.8 Å². The summed E-state index contributed by atoms with van der Waals surface area (Å²) in [7, 11) is 0. The van der Waals surface area contributed by atoms with Crippen molar-refractivity contribution in [1.82, 2.24) is 0 Å². The number of rotatable bonds is 3. The summed E-state index contributed by atoms with van der Waals surface area (Å²) >= 11 is 0. The largest absolute Gasteiger partial charge is 0.493 e. The predicted molar refractivity (Wildman–Crippen MR) is 108 cm³/mol. The van der Waals surface area contributed by atoms with Gasteiger partial charge in [0.05, 0.1) is 6.61 Å². The second-order valence-corrected chi connectivity index (χ2v) is 8.70. The van der Waals surface area contributed by atoms with Crippen molar-refractivity contribution >= 4 is 0 Å². The highest BCUT2D eigenvalue weighted by Gasteiger charge is 2.37. The number of hydrogen-bond acceptors (Lipinski definition) is 1. The van der Waals surface area contributed by atoms with Gasteiger partial charge in [0.2, 0.25) is 0 Å². The van der Waals surface area contributed by atoms with Gasteiger partial charge in [0.15, 0.2) is 0 Å². The monoisotopic (exact) mass is 335 g/mol. The molecule has 3 rings (SSSR count). The minimum Gasteiger partial charge on any atom is -0.493 e. The summed E-state index contributed by atoms with van der Waals surface area (Å²) in [6, 6.07) is 11.0. The molecule has 2 aromatic carbocycles. The molecule has 1 aliphatic rings. The molecule has 2 aromatic rings. The van der Waals surface area contributed by atoms with Crippen molar-refractivity contribution < 1.29 is 4.74 Å². The molecule has 0 bridgehead atoms.